The first-order chi connectivity index (χ1) is 10.4. The lowest BCUT2D eigenvalue weighted by Crippen LogP contribution is -2.32. The maximum absolute atomic E-state index is 10.5. The van der Waals surface area contributed by atoms with Crippen molar-refractivity contribution in [1.82, 2.24) is 14.9 Å². The number of hydrogen-bond donors (Lipinski definition) is 2. The van der Waals surface area contributed by atoms with Gasteiger partial charge in [-0.15, -0.1) is 0 Å². The Morgan fingerprint density at radius 2 is 1.95 bits per heavy atom. The van der Waals surface area contributed by atoms with Crippen molar-refractivity contribution in [3.63, 3.8) is 0 Å². The van der Waals surface area contributed by atoms with E-state index in [1.807, 2.05) is 25.2 Å². The Kier molecular flexibility index (Phi) is 4.19. The minimum Gasteiger partial charge on any atom is -0.383 e. The van der Waals surface area contributed by atoms with Crippen LogP contribution in [0.2, 0.25) is 5.02 Å². The molecule has 1 aromatic heterocycles. The SMILES string of the molecule is CNC1CCC(n2c(C(C)(C)O)nc3cc(Cl)ccc32)CC1. The fourth-order valence-corrected chi connectivity index (χ4v) is 3.66. The summed E-state index contributed by atoms with van der Waals surface area (Å²) in [5, 5.41) is 14.6. The van der Waals surface area contributed by atoms with Crippen LogP contribution in [0.3, 0.4) is 0 Å². The van der Waals surface area contributed by atoms with Crippen LogP contribution in [0, 0.1) is 0 Å². The number of fused-ring (bicyclic) bond motifs is 1. The normalized spacial score (nSPS) is 23.1. The van der Waals surface area contributed by atoms with E-state index >= 15 is 0 Å². The van der Waals surface area contributed by atoms with Crippen molar-refractivity contribution in [1.29, 1.82) is 0 Å². The van der Waals surface area contributed by atoms with Gasteiger partial charge in [0.05, 0.1) is 11.0 Å². The van der Waals surface area contributed by atoms with Crippen LogP contribution in [0.5, 0.6) is 0 Å². The Bertz CT molecular complexity index is 666. The van der Waals surface area contributed by atoms with Crippen LogP contribution in [-0.2, 0) is 5.60 Å². The molecular weight excluding hydrogens is 298 g/mol. The second-order valence-corrected chi connectivity index (χ2v) is 7.23. The fourth-order valence-electron chi connectivity index (χ4n) is 3.50. The van der Waals surface area contributed by atoms with Gasteiger partial charge >= 0.3 is 0 Å². The molecule has 5 heteroatoms. The maximum Gasteiger partial charge on any atom is 0.141 e. The minimum absolute atomic E-state index is 0.386. The molecule has 0 bridgehead atoms. The number of imidazole rings is 1. The molecule has 1 aromatic carbocycles. The Hall–Kier alpha value is -1.10. The first-order valence-electron chi connectivity index (χ1n) is 7.97. The smallest absolute Gasteiger partial charge is 0.141 e. The van der Waals surface area contributed by atoms with E-state index in [9.17, 15) is 5.11 Å². The van der Waals surface area contributed by atoms with Crippen molar-refractivity contribution in [2.45, 2.75) is 57.2 Å². The fraction of sp³-hybridized carbons (Fsp3) is 0.588. The summed E-state index contributed by atoms with van der Waals surface area (Å²) in [5.74, 6) is 0.734. The highest BCUT2D eigenvalue weighted by Crippen LogP contribution is 2.36. The van der Waals surface area contributed by atoms with E-state index in [0.29, 0.717) is 17.1 Å². The number of nitrogens with one attached hydrogen (secondary N) is 1. The zero-order valence-corrected chi connectivity index (χ0v) is 14.2. The molecule has 0 unspecified atom stereocenters. The average molecular weight is 322 g/mol. The molecule has 0 atom stereocenters. The lowest BCUT2D eigenvalue weighted by atomic mass is 9.90. The van der Waals surface area contributed by atoms with Crippen molar-refractivity contribution in [3.05, 3.63) is 29.0 Å². The molecule has 0 spiro atoms. The van der Waals surface area contributed by atoms with Crippen LogP contribution in [0.25, 0.3) is 11.0 Å². The summed E-state index contributed by atoms with van der Waals surface area (Å²) in [6.07, 6.45) is 4.50. The van der Waals surface area contributed by atoms with Gasteiger partial charge < -0.3 is 15.0 Å². The molecule has 2 aromatic rings. The van der Waals surface area contributed by atoms with Crippen molar-refractivity contribution in [2.24, 2.45) is 0 Å². The van der Waals surface area contributed by atoms with Crippen molar-refractivity contribution >= 4 is 22.6 Å². The summed E-state index contributed by atoms with van der Waals surface area (Å²) < 4.78 is 2.23. The largest absolute Gasteiger partial charge is 0.383 e. The highest BCUT2D eigenvalue weighted by atomic mass is 35.5. The summed E-state index contributed by atoms with van der Waals surface area (Å²) >= 11 is 6.10. The molecule has 22 heavy (non-hydrogen) atoms. The molecule has 3 rings (SSSR count). The van der Waals surface area contributed by atoms with Gasteiger partial charge in [0.15, 0.2) is 0 Å². The monoisotopic (exact) mass is 321 g/mol. The van der Waals surface area contributed by atoms with Gasteiger partial charge in [0.2, 0.25) is 0 Å². The summed E-state index contributed by atoms with van der Waals surface area (Å²) in [7, 11) is 2.03. The maximum atomic E-state index is 10.5. The van der Waals surface area contributed by atoms with E-state index < -0.39 is 5.60 Å². The highest BCUT2D eigenvalue weighted by Gasteiger charge is 2.30. The number of benzene rings is 1. The summed E-state index contributed by atoms with van der Waals surface area (Å²) in [6, 6.07) is 6.78. The topological polar surface area (TPSA) is 50.1 Å². The summed E-state index contributed by atoms with van der Waals surface area (Å²) in [4.78, 5) is 4.67. The van der Waals surface area contributed by atoms with Crippen molar-refractivity contribution < 1.29 is 5.11 Å². The number of aliphatic hydroxyl groups is 1. The van der Waals surface area contributed by atoms with Gasteiger partial charge in [-0.3, -0.25) is 0 Å². The van der Waals surface area contributed by atoms with Crippen LogP contribution in [0.15, 0.2) is 18.2 Å². The third-order valence-electron chi connectivity index (χ3n) is 4.67. The van der Waals surface area contributed by atoms with E-state index in [4.69, 9.17) is 11.6 Å². The van der Waals surface area contributed by atoms with E-state index in [1.54, 1.807) is 13.8 Å². The molecule has 1 fully saturated rings. The van der Waals surface area contributed by atoms with E-state index in [1.165, 1.54) is 0 Å². The Morgan fingerprint density at radius 1 is 1.27 bits per heavy atom. The van der Waals surface area contributed by atoms with E-state index in [0.717, 1.165) is 42.5 Å². The van der Waals surface area contributed by atoms with Crippen LogP contribution in [0.1, 0.15) is 51.4 Å². The predicted octanol–water partition coefficient (Wildman–Crippen LogP) is 3.62. The molecule has 0 saturated heterocycles. The van der Waals surface area contributed by atoms with Gasteiger partial charge in [0.25, 0.3) is 0 Å². The van der Waals surface area contributed by atoms with Gasteiger partial charge in [0.1, 0.15) is 11.4 Å². The summed E-state index contributed by atoms with van der Waals surface area (Å²) in [5.41, 5.74) is 0.959. The molecule has 1 aliphatic rings. The van der Waals surface area contributed by atoms with Gasteiger partial charge in [0, 0.05) is 17.1 Å². The van der Waals surface area contributed by atoms with E-state index in [2.05, 4.69) is 14.9 Å². The third-order valence-corrected chi connectivity index (χ3v) is 4.90. The third kappa shape index (κ3) is 2.87. The summed E-state index contributed by atoms with van der Waals surface area (Å²) in [6.45, 7) is 3.59. The molecule has 1 saturated carbocycles. The van der Waals surface area contributed by atoms with Gasteiger partial charge in [-0.1, -0.05) is 11.6 Å². The van der Waals surface area contributed by atoms with E-state index in [-0.39, 0.29) is 0 Å². The first kappa shape index (κ1) is 15.8. The highest BCUT2D eigenvalue weighted by molar-refractivity contribution is 6.31. The Labute approximate surface area is 136 Å². The Morgan fingerprint density at radius 3 is 2.55 bits per heavy atom. The second-order valence-electron chi connectivity index (χ2n) is 6.79. The minimum atomic E-state index is -0.967. The number of hydrogen-bond acceptors (Lipinski definition) is 3. The molecule has 0 radical (unpaired) electrons. The van der Waals surface area contributed by atoms with Crippen LogP contribution in [0.4, 0.5) is 0 Å². The van der Waals surface area contributed by atoms with Gasteiger partial charge in [-0.2, -0.15) is 0 Å². The lowest BCUT2D eigenvalue weighted by molar-refractivity contribution is 0.0620. The molecule has 1 aliphatic carbocycles. The quantitative estimate of drug-likeness (QED) is 0.907. The second kappa shape index (κ2) is 5.84. The van der Waals surface area contributed by atoms with Crippen LogP contribution < -0.4 is 5.32 Å². The molecule has 0 aliphatic heterocycles. The van der Waals surface area contributed by atoms with Gasteiger partial charge in [-0.25, -0.2) is 4.98 Å². The number of nitrogens with zero attached hydrogens (tertiary/aromatic N) is 2. The molecule has 120 valence electrons. The number of aromatic nitrogens is 2. The zero-order valence-electron chi connectivity index (χ0n) is 13.4. The number of halogens is 1. The Balaban J connectivity index is 2.06. The molecule has 0 amide bonds. The van der Waals surface area contributed by atoms with Crippen LogP contribution in [-0.4, -0.2) is 27.7 Å². The zero-order chi connectivity index (χ0) is 15.9. The standard InChI is InChI=1S/C17H24ClN3O/c1-17(2,22)16-20-14-10-11(18)4-9-15(14)21(16)13-7-5-12(19-3)6-8-13/h4,9-10,12-13,19,22H,5-8H2,1-3H3. The number of rotatable bonds is 3. The first-order valence-corrected chi connectivity index (χ1v) is 8.35. The molecule has 2 N–H and O–H groups in total. The van der Waals surface area contributed by atoms with Crippen molar-refractivity contribution in [3.8, 4) is 0 Å². The molecule has 4 nitrogen and oxygen atoms in total. The molecule has 1 heterocycles. The molecular formula is C17H24ClN3O. The van der Waals surface area contributed by atoms with Crippen molar-refractivity contribution in [2.75, 3.05) is 7.05 Å². The lowest BCUT2D eigenvalue weighted by Gasteiger charge is -2.32. The average Bonchev–Trinajstić information content (AvgIpc) is 2.86. The predicted molar refractivity (Wildman–Crippen MR) is 90.3 cm³/mol. The van der Waals surface area contributed by atoms with Gasteiger partial charge in [-0.05, 0) is 64.8 Å². The van der Waals surface area contributed by atoms with Crippen LogP contribution >= 0.6 is 11.6 Å².